The van der Waals surface area contributed by atoms with E-state index in [0.29, 0.717) is 0 Å². The Balaban J connectivity index is 1.08. The van der Waals surface area contributed by atoms with Crippen LogP contribution in [0.5, 0.6) is 0 Å². The monoisotopic (exact) mass is 691 g/mol. The minimum atomic E-state index is 0.908. The van der Waals surface area contributed by atoms with Crippen molar-refractivity contribution in [1.29, 1.82) is 0 Å². The van der Waals surface area contributed by atoms with Crippen molar-refractivity contribution in [2.24, 2.45) is 0 Å². The van der Waals surface area contributed by atoms with E-state index >= 15 is 0 Å². The molecule has 11 aromatic rings. The smallest absolute Gasteiger partial charge is 0.0972 e. The van der Waals surface area contributed by atoms with Crippen LogP contribution < -0.4 is 0 Å². The molecule has 0 spiro atoms. The number of thiophene rings is 1. The third kappa shape index (κ3) is 4.91. The molecule has 4 aromatic heterocycles. The van der Waals surface area contributed by atoms with Gasteiger partial charge >= 0.3 is 0 Å². The number of aromatic nitrogens is 3. The molecule has 0 unspecified atom stereocenters. The Labute approximate surface area is 309 Å². The van der Waals surface area contributed by atoms with Crippen molar-refractivity contribution < 1.29 is 0 Å². The summed E-state index contributed by atoms with van der Waals surface area (Å²) in [6, 6.07) is 62.4. The van der Waals surface area contributed by atoms with Crippen LogP contribution in [0.25, 0.3) is 109 Å². The van der Waals surface area contributed by atoms with Crippen molar-refractivity contribution in [3.63, 3.8) is 0 Å². The van der Waals surface area contributed by atoms with Gasteiger partial charge in [-0.1, -0.05) is 140 Å². The molecule has 53 heavy (non-hydrogen) atoms. The van der Waals surface area contributed by atoms with Gasteiger partial charge in [0.25, 0.3) is 0 Å². The number of benzene rings is 7. The number of pyridine rings is 3. The first-order valence-electron chi connectivity index (χ1n) is 17.9. The Morgan fingerprint density at radius 2 is 0.943 bits per heavy atom. The van der Waals surface area contributed by atoms with Crippen molar-refractivity contribution in [2.45, 2.75) is 0 Å². The van der Waals surface area contributed by atoms with Gasteiger partial charge in [-0.25, -0.2) is 15.0 Å². The fourth-order valence-corrected chi connectivity index (χ4v) is 8.98. The summed E-state index contributed by atoms with van der Waals surface area (Å²) in [6.07, 6.45) is 0. The van der Waals surface area contributed by atoms with E-state index < -0.39 is 0 Å². The SMILES string of the molecule is c1ccc(-c2ccc3ccc4ccc(-c5cccc(-c6ccc7c(c6)nc(-c6ccccc6)c6ccc8sc9ccccc9c8c67)c5)nc4c3n2)cc1. The van der Waals surface area contributed by atoms with E-state index in [9.17, 15) is 0 Å². The molecule has 0 aliphatic heterocycles. The van der Waals surface area contributed by atoms with Gasteiger partial charge < -0.3 is 0 Å². The van der Waals surface area contributed by atoms with Crippen LogP contribution in [0.3, 0.4) is 0 Å². The summed E-state index contributed by atoms with van der Waals surface area (Å²) in [5.74, 6) is 0. The predicted molar refractivity (Wildman–Crippen MR) is 224 cm³/mol. The van der Waals surface area contributed by atoms with Crippen LogP contribution in [0.4, 0.5) is 0 Å². The Kier molecular flexibility index (Phi) is 6.73. The first kappa shape index (κ1) is 29.9. The van der Waals surface area contributed by atoms with Gasteiger partial charge in [0.15, 0.2) is 0 Å². The molecule has 0 aliphatic carbocycles. The van der Waals surface area contributed by atoms with Crippen LogP contribution in [0.1, 0.15) is 0 Å². The number of fused-ring (bicyclic) bond motifs is 10. The normalized spacial score (nSPS) is 11.8. The zero-order chi connectivity index (χ0) is 34.9. The van der Waals surface area contributed by atoms with Gasteiger partial charge in [0.05, 0.1) is 33.6 Å². The number of rotatable bonds is 4. The molecule has 11 rings (SSSR count). The number of hydrogen-bond donors (Lipinski definition) is 0. The summed E-state index contributed by atoms with van der Waals surface area (Å²) in [5, 5.41) is 8.36. The van der Waals surface area contributed by atoms with Crippen LogP contribution in [0, 0.1) is 0 Å². The third-order valence-corrected chi connectivity index (χ3v) is 11.6. The maximum Gasteiger partial charge on any atom is 0.0972 e. The van der Waals surface area contributed by atoms with Crippen LogP contribution in [0.15, 0.2) is 176 Å². The highest BCUT2D eigenvalue weighted by atomic mass is 32.1. The third-order valence-electron chi connectivity index (χ3n) is 10.4. The average Bonchev–Trinajstić information content (AvgIpc) is 3.62. The Morgan fingerprint density at radius 1 is 0.340 bits per heavy atom. The lowest BCUT2D eigenvalue weighted by molar-refractivity contribution is 1.36. The van der Waals surface area contributed by atoms with Crippen LogP contribution >= 0.6 is 11.3 Å². The lowest BCUT2D eigenvalue weighted by Crippen LogP contribution is -1.92. The minimum absolute atomic E-state index is 0.908. The lowest BCUT2D eigenvalue weighted by Gasteiger charge is -2.13. The van der Waals surface area contributed by atoms with Crippen molar-refractivity contribution in [3.05, 3.63) is 176 Å². The van der Waals surface area contributed by atoms with Gasteiger partial charge in [-0.15, -0.1) is 11.3 Å². The highest BCUT2D eigenvalue weighted by molar-refractivity contribution is 7.26. The highest BCUT2D eigenvalue weighted by Gasteiger charge is 2.17. The molecule has 0 saturated heterocycles. The van der Waals surface area contributed by atoms with E-state index in [-0.39, 0.29) is 0 Å². The van der Waals surface area contributed by atoms with E-state index in [1.807, 2.05) is 29.5 Å². The molecule has 0 bridgehead atoms. The van der Waals surface area contributed by atoms with Crippen molar-refractivity contribution in [3.8, 4) is 44.9 Å². The molecule has 0 saturated carbocycles. The molecular formula is C49H29N3S. The number of hydrogen-bond acceptors (Lipinski definition) is 4. The van der Waals surface area contributed by atoms with E-state index in [4.69, 9.17) is 15.0 Å². The van der Waals surface area contributed by atoms with E-state index in [2.05, 4.69) is 158 Å². The second-order valence-corrected chi connectivity index (χ2v) is 14.7. The first-order valence-corrected chi connectivity index (χ1v) is 18.7. The number of nitrogens with zero attached hydrogens (tertiary/aromatic N) is 3. The summed E-state index contributed by atoms with van der Waals surface area (Å²) in [4.78, 5) is 15.8. The molecule has 246 valence electrons. The molecule has 0 radical (unpaired) electrons. The molecule has 0 amide bonds. The maximum absolute atomic E-state index is 5.39. The standard InChI is InChI=1S/C49H29N3S/c1-3-10-30(11-4-1)40-25-21-32-18-19-33-22-26-41(51-49(33)48(32)50-40)36-15-9-14-34(28-36)35-20-23-37-42(29-35)52-47(31-12-5-2-6-13-31)39-24-27-44-46(45(37)39)38-16-7-8-17-43(38)53-44/h1-29H. The molecular weight excluding hydrogens is 663 g/mol. The van der Waals surface area contributed by atoms with E-state index in [1.54, 1.807) is 0 Å². The fourth-order valence-electron chi connectivity index (χ4n) is 7.86. The summed E-state index contributed by atoms with van der Waals surface area (Å²) in [7, 11) is 0. The van der Waals surface area contributed by atoms with Crippen LogP contribution in [-0.4, -0.2) is 15.0 Å². The second-order valence-electron chi connectivity index (χ2n) is 13.6. The lowest BCUT2D eigenvalue weighted by atomic mass is 9.94. The molecule has 7 aromatic carbocycles. The van der Waals surface area contributed by atoms with E-state index in [0.717, 1.165) is 72.2 Å². The largest absolute Gasteiger partial charge is 0.247 e. The van der Waals surface area contributed by atoms with Gasteiger partial charge in [0.1, 0.15) is 0 Å². The summed E-state index contributed by atoms with van der Waals surface area (Å²) >= 11 is 1.86. The van der Waals surface area contributed by atoms with Gasteiger partial charge in [-0.2, -0.15) is 0 Å². The average molecular weight is 692 g/mol. The molecule has 4 heteroatoms. The van der Waals surface area contributed by atoms with Gasteiger partial charge in [0, 0.05) is 63.8 Å². The first-order chi connectivity index (χ1) is 26.2. The molecule has 0 aliphatic rings. The van der Waals surface area contributed by atoms with Crippen LogP contribution in [0.2, 0.25) is 0 Å². The van der Waals surface area contributed by atoms with Crippen LogP contribution in [-0.2, 0) is 0 Å². The van der Waals surface area contributed by atoms with Crippen molar-refractivity contribution in [1.82, 2.24) is 15.0 Å². The Morgan fingerprint density at radius 3 is 1.72 bits per heavy atom. The summed E-state index contributed by atoms with van der Waals surface area (Å²) in [5.41, 5.74) is 11.2. The zero-order valence-corrected chi connectivity index (χ0v) is 29.3. The van der Waals surface area contributed by atoms with Gasteiger partial charge in [0.2, 0.25) is 0 Å². The van der Waals surface area contributed by atoms with Crippen molar-refractivity contribution >= 4 is 75.0 Å². The fraction of sp³-hybridized carbons (Fsp3) is 0. The van der Waals surface area contributed by atoms with Gasteiger partial charge in [-0.3, -0.25) is 0 Å². The topological polar surface area (TPSA) is 38.7 Å². The molecule has 0 N–H and O–H groups in total. The maximum atomic E-state index is 5.39. The molecule has 3 nitrogen and oxygen atoms in total. The molecule has 4 heterocycles. The quantitative estimate of drug-likeness (QED) is 0.172. The minimum Gasteiger partial charge on any atom is -0.247 e. The Bertz CT molecular complexity index is 3220. The van der Waals surface area contributed by atoms with Crippen molar-refractivity contribution in [2.75, 3.05) is 0 Å². The van der Waals surface area contributed by atoms with Gasteiger partial charge in [-0.05, 0) is 47.5 Å². The molecule has 0 atom stereocenters. The summed E-state index contributed by atoms with van der Waals surface area (Å²) in [6.45, 7) is 0. The highest BCUT2D eigenvalue weighted by Crippen LogP contribution is 2.44. The summed E-state index contributed by atoms with van der Waals surface area (Å²) < 4.78 is 2.60. The Hall–Kier alpha value is -6.75. The molecule has 0 fully saturated rings. The predicted octanol–water partition coefficient (Wildman–Crippen LogP) is 13.5. The van der Waals surface area contributed by atoms with E-state index in [1.165, 1.54) is 36.3 Å². The zero-order valence-electron chi connectivity index (χ0n) is 28.5. The second kappa shape index (κ2) is 11.9.